The highest BCUT2D eigenvalue weighted by molar-refractivity contribution is 7.83. The molecule has 38 valence electrons. The van der Waals surface area contributed by atoms with Crippen LogP contribution in [0.5, 0.6) is 0 Å². The zero-order valence-electron chi connectivity index (χ0n) is 3.34. The highest BCUT2D eigenvalue weighted by Crippen LogP contribution is 2.11. The van der Waals surface area contributed by atoms with Gasteiger partial charge >= 0.3 is 0 Å². The van der Waals surface area contributed by atoms with Crippen LogP contribution >= 0.6 is 36.2 Å². The summed E-state index contributed by atoms with van der Waals surface area (Å²) < 4.78 is 1.72. The first-order chi connectivity index (χ1) is 3.29. The van der Waals surface area contributed by atoms with Gasteiger partial charge in [-0.3, -0.25) is 0 Å². The van der Waals surface area contributed by atoms with Crippen LogP contribution in [0.1, 0.15) is 0 Å². The third-order valence-corrected chi connectivity index (χ3v) is 1.91. The van der Waals surface area contributed by atoms with Crippen molar-refractivity contribution in [1.82, 2.24) is 4.98 Å². The Balaban J connectivity index is 3.30. The van der Waals surface area contributed by atoms with Gasteiger partial charge in [0.05, 0.1) is 4.21 Å². The lowest BCUT2D eigenvalue weighted by Gasteiger charge is -1.63. The molecule has 0 saturated carbocycles. The molecule has 0 aliphatic heterocycles. The molecule has 0 unspecified atom stereocenters. The molecule has 0 aliphatic rings. The van der Waals surface area contributed by atoms with E-state index in [0.717, 1.165) is 8.16 Å². The van der Waals surface area contributed by atoms with E-state index in [1.54, 1.807) is 6.20 Å². The van der Waals surface area contributed by atoms with Crippen LogP contribution in [0.2, 0.25) is 0 Å². The van der Waals surface area contributed by atoms with Gasteiger partial charge < -0.3 is 4.98 Å². The van der Waals surface area contributed by atoms with E-state index in [-0.39, 0.29) is 0 Å². The number of nitrogens with one attached hydrogen (secondary N) is 1. The van der Waals surface area contributed by atoms with Crippen LogP contribution in [0.25, 0.3) is 0 Å². The first-order valence-corrected chi connectivity index (χ1v) is 3.34. The average Bonchev–Trinajstić information content (AvgIpc) is 1.87. The summed E-state index contributed by atoms with van der Waals surface area (Å²) in [5, 5.41) is 0. The second-order valence-electron chi connectivity index (χ2n) is 1.02. The van der Waals surface area contributed by atoms with Gasteiger partial charge in [0.1, 0.15) is 0 Å². The van der Waals surface area contributed by atoms with Crippen molar-refractivity contribution >= 4 is 36.2 Å². The summed E-state index contributed by atoms with van der Waals surface area (Å²) in [7, 11) is 0. The quantitative estimate of drug-likeness (QED) is 0.426. The molecule has 4 heteroatoms. The molecule has 1 N–H and O–H groups in total. The molecule has 0 bridgehead atoms. The highest BCUT2D eigenvalue weighted by atomic mass is 32.2. The van der Waals surface area contributed by atoms with Gasteiger partial charge in [-0.15, -0.1) is 12.6 Å². The van der Waals surface area contributed by atoms with E-state index in [9.17, 15) is 0 Å². The van der Waals surface area contributed by atoms with Gasteiger partial charge in [0.2, 0.25) is 0 Å². The van der Waals surface area contributed by atoms with Crippen molar-refractivity contribution in [2.24, 2.45) is 0 Å². The van der Waals surface area contributed by atoms with E-state index in [1.807, 2.05) is 0 Å². The van der Waals surface area contributed by atoms with Crippen LogP contribution < -0.4 is 0 Å². The number of hydrogen-bond donors (Lipinski definition) is 2. The fraction of sp³-hybridized carbons (Fsp3) is 0. The van der Waals surface area contributed by atoms with E-state index >= 15 is 0 Å². The van der Waals surface area contributed by atoms with Crippen LogP contribution in [-0.2, 0) is 0 Å². The molecular weight excluding hydrogens is 146 g/mol. The standard InChI is InChI=1S/C3H3NS3/c5-2-1-4-3(6)7-2/h1,5H,(H,4,6). The normalized spacial score (nSPS) is 9.29. The average molecular weight is 149 g/mol. The molecule has 0 saturated heterocycles. The fourth-order valence-corrected chi connectivity index (χ4v) is 1.55. The van der Waals surface area contributed by atoms with Crippen LogP contribution in [0, 0.1) is 3.95 Å². The summed E-state index contributed by atoms with van der Waals surface area (Å²) in [5.74, 6) is 0. The van der Waals surface area contributed by atoms with E-state index in [1.165, 1.54) is 11.3 Å². The molecule has 1 nitrogen and oxygen atoms in total. The Labute approximate surface area is 55.8 Å². The number of thiol groups is 1. The second-order valence-corrected chi connectivity index (χ2v) is 3.52. The summed E-state index contributed by atoms with van der Waals surface area (Å²) in [4.78, 5) is 2.83. The number of hydrogen-bond acceptors (Lipinski definition) is 3. The maximum absolute atomic E-state index is 4.75. The summed E-state index contributed by atoms with van der Waals surface area (Å²) in [6.07, 6.45) is 1.77. The van der Waals surface area contributed by atoms with Gasteiger partial charge in [0.15, 0.2) is 3.95 Å². The lowest BCUT2D eigenvalue weighted by Crippen LogP contribution is -1.47. The van der Waals surface area contributed by atoms with Gasteiger partial charge in [-0.2, -0.15) is 0 Å². The van der Waals surface area contributed by atoms with Crippen molar-refractivity contribution in [2.75, 3.05) is 0 Å². The van der Waals surface area contributed by atoms with Crippen LogP contribution in [-0.4, -0.2) is 4.98 Å². The number of rotatable bonds is 0. The molecule has 1 aromatic heterocycles. The van der Waals surface area contributed by atoms with Gasteiger partial charge in [-0.1, -0.05) is 11.3 Å². The van der Waals surface area contributed by atoms with Crippen LogP contribution in [0.4, 0.5) is 0 Å². The molecule has 7 heavy (non-hydrogen) atoms. The molecule has 0 atom stereocenters. The minimum atomic E-state index is 0.782. The number of thiazole rings is 1. The van der Waals surface area contributed by atoms with E-state index in [4.69, 9.17) is 12.2 Å². The number of aromatic amines is 1. The molecule has 0 spiro atoms. The fourth-order valence-electron chi connectivity index (χ4n) is 0.275. The molecule has 0 aliphatic carbocycles. The maximum atomic E-state index is 4.75. The third-order valence-electron chi connectivity index (χ3n) is 0.511. The van der Waals surface area contributed by atoms with E-state index in [0.29, 0.717) is 0 Å². The molecule has 0 fully saturated rings. The van der Waals surface area contributed by atoms with Crippen molar-refractivity contribution in [3.05, 3.63) is 10.2 Å². The zero-order valence-corrected chi connectivity index (χ0v) is 5.87. The predicted octanol–water partition coefficient (Wildman–Crippen LogP) is 2.09. The van der Waals surface area contributed by atoms with Gasteiger partial charge in [-0.05, 0) is 12.2 Å². The maximum Gasteiger partial charge on any atom is 0.159 e. The summed E-state index contributed by atoms with van der Waals surface area (Å²) in [6, 6.07) is 0. The Bertz CT molecular complexity index is 198. The Morgan fingerprint density at radius 1 is 1.86 bits per heavy atom. The van der Waals surface area contributed by atoms with Crippen LogP contribution in [0.15, 0.2) is 10.4 Å². The van der Waals surface area contributed by atoms with E-state index in [2.05, 4.69) is 17.6 Å². The molecule has 0 aromatic carbocycles. The van der Waals surface area contributed by atoms with Crippen molar-refractivity contribution in [2.45, 2.75) is 4.21 Å². The first kappa shape index (κ1) is 5.34. The van der Waals surface area contributed by atoms with Gasteiger partial charge in [0.25, 0.3) is 0 Å². The van der Waals surface area contributed by atoms with Crippen molar-refractivity contribution in [3.63, 3.8) is 0 Å². The smallest absolute Gasteiger partial charge is 0.159 e. The highest BCUT2D eigenvalue weighted by Gasteiger charge is 1.81. The lowest BCUT2D eigenvalue weighted by molar-refractivity contribution is 1.36. The summed E-state index contributed by atoms with van der Waals surface area (Å²) in [6.45, 7) is 0. The number of aromatic nitrogens is 1. The monoisotopic (exact) mass is 149 g/mol. The van der Waals surface area contributed by atoms with Crippen molar-refractivity contribution in [1.29, 1.82) is 0 Å². The van der Waals surface area contributed by atoms with Crippen molar-refractivity contribution < 1.29 is 0 Å². The lowest BCUT2D eigenvalue weighted by atomic mass is 11.0. The topological polar surface area (TPSA) is 15.8 Å². The van der Waals surface area contributed by atoms with Gasteiger partial charge in [0, 0.05) is 6.20 Å². The van der Waals surface area contributed by atoms with Crippen molar-refractivity contribution in [3.8, 4) is 0 Å². The molecule has 0 radical (unpaired) electrons. The largest absolute Gasteiger partial charge is 0.343 e. The Morgan fingerprint density at radius 2 is 2.57 bits per heavy atom. The molecule has 1 rings (SSSR count). The SMILES string of the molecule is S=c1[nH]cc(S)s1. The Morgan fingerprint density at radius 3 is 2.71 bits per heavy atom. The molecule has 0 amide bonds. The minimum Gasteiger partial charge on any atom is -0.343 e. The summed E-state index contributed by atoms with van der Waals surface area (Å²) >= 11 is 10.2. The van der Waals surface area contributed by atoms with Crippen LogP contribution in [0.3, 0.4) is 0 Å². The Kier molecular flexibility index (Phi) is 1.51. The van der Waals surface area contributed by atoms with Gasteiger partial charge in [-0.25, -0.2) is 0 Å². The third kappa shape index (κ3) is 1.29. The predicted molar refractivity (Wildman–Crippen MR) is 36.8 cm³/mol. The molecule has 1 heterocycles. The minimum absolute atomic E-state index is 0.782. The number of H-pyrrole nitrogens is 1. The Hall–Kier alpha value is 0.200. The molecular formula is C3H3NS3. The van der Waals surface area contributed by atoms with E-state index < -0.39 is 0 Å². The first-order valence-electron chi connectivity index (χ1n) is 1.66. The zero-order chi connectivity index (χ0) is 5.28. The second kappa shape index (κ2) is 1.98. The summed E-state index contributed by atoms with van der Waals surface area (Å²) in [5.41, 5.74) is 0. The molecule has 1 aromatic rings.